The SMILES string of the molecule is CCOC(=O)[C@@H]1CCCN1C(=O)c1ccc(C(=O)Oc2ccc(C(=N)N)cc2)cc1. The number of benzene rings is 2. The van der Waals surface area contributed by atoms with Gasteiger partial charge in [-0.1, -0.05) is 0 Å². The monoisotopic (exact) mass is 409 g/mol. The number of carbonyl (C=O) groups excluding carboxylic acids is 3. The van der Waals surface area contributed by atoms with Crippen LogP contribution in [0.5, 0.6) is 5.75 Å². The molecular weight excluding hydrogens is 386 g/mol. The third-order valence-electron chi connectivity index (χ3n) is 4.82. The fraction of sp³-hybridized carbons (Fsp3) is 0.273. The van der Waals surface area contributed by atoms with Crippen LogP contribution >= 0.6 is 0 Å². The van der Waals surface area contributed by atoms with Crippen molar-refractivity contribution in [3.63, 3.8) is 0 Å². The van der Waals surface area contributed by atoms with Crippen LogP contribution in [0, 0.1) is 5.41 Å². The summed E-state index contributed by atoms with van der Waals surface area (Å²) >= 11 is 0. The minimum Gasteiger partial charge on any atom is -0.464 e. The molecule has 156 valence electrons. The number of nitrogen functional groups attached to an aromatic ring is 1. The smallest absolute Gasteiger partial charge is 0.343 e. The third kappa shape index (κ3) is 4.65. The molecule has 0 unspecified atom stereocenters. The van der Waals surface area contributed by atoms with E-state index in [0.717, 1.165) is 6.42 Å². The molecule has 2 aromatic carbocycles. The average molecular weight is 409 g/mol. The van der Waals surface area contributed by atoms with Crippen LogP contribution in [0.1, 0.15) is 46.0 Å². The molecule has 1 heterocycles. The molecule has 0 bridgehead atoms. The van der Waals surface area contributed by atoms with Crippen LogP contribution in [0.15, 0.2) is 48.5 Å². The van der Waals surface area contributed by atoms with E-state index in [1.807, 2.05) is 0 Å². The van der Waals surface area contributed by atoms with Crippen LogP contribution in [0.4, 0.5) is 0 Å². The largest absolute Gasteiger partial charge is 0.464 e. The number of rotatable bonds is 6. The summed E-state index contributed by atoms with van der Waals surface area (Å²) in [6, 6.07) is 11.8. The molecule has 1 aliphatic heterocycles. The number of carbonyl (C=O) groups is 3. The number of ether oxygens (including phenoxy) is 2. The highest BCUT2D eigenvalue weighted by atomic mass is 16.5. The topological polar surface area (TPSA) is 123 Å². The van der Waals surface area contributed by atoms with Gasteiger partial charge in [0, 0.05) is 17.7 Å². The molecule has 1 amide bonds. The Balaban J connectivity index is 1.66. The zero-order chi connectivity index (χ0) is 21.7. The highest BCUT2D eigenvalue weighted by Gasteiger charge is 2.35. The Kier molecular flexibility index (Phi) is 6.46. The number of esters is 2. The Bertz CT molecular complexity index is 954. The summed E-state index contributed by atoms with van der Waals surface area (Å²) in [6.45, 7) is 2.49. The number of likely N-dealkylation sites (tertiary alicyclic amines) is 1. The van der Waals surface area contributed by atoms with Crippen molar-refractivity contribution in [2.75, 3.05) is 13.2 Å². The van der Waals surface area contributed by atoms with Gasteiger partial charge in [-0.15, -0.1) is 0 Å². The van der Waals surface area contributed by atoms with Crippen molar-refractivity contribution >= 4 is 23.7 Å². The predicted octanol–water partition coefficient (Wildman–Crippen LogP) is 2.36. The minimum absolute atomic E-state index is 0.0728. The highest BCUT2D eigenvalue weighted by molar-refractivity contribution is 5.99. The molecule has 3 N–H and O–H groups in total. The molecule has 8 heteroatoms. The number of nitrogens with zero attached hydrogens (tertiary/aromatic N) is 1. The van der Waals surface area contributed by atoms with Crippen LogP contribution < -0.4 is 10.5 Å². The molecule has 1 atom stereocenters. The molecule has 1 fully saturated rings. The number of amidine groups is 1. The number of nitrogens with one attached hydrogen (secondary N) is 1. The van der Waals surface area contributed by atoms with Gasteiger partial charge in [-0.3, -0.25) is 10.2 Å². The van der Waals surface area contributed by atoms with E-state index in [2.05, 4.69) is 0 Å². The quantitative estimate of drug-likeness (QED) is 0.327. The van der Waals surface area contributed by atoms with Crippen molar-refractivity contribution in [1.82, 2.24) is 4.90 Å². The Morgan fingerprint density at radius 2 is 1.63 bits per heavy atom. The summed E-state index contributed by atoms with van der Waals surface area (Å²) in [7, 11) is 0. The summed E-state index contributed by atoms with van der Waals surface area (Å²) in [5.74, 6) is -0.990. The Labute approximate surface area is 174 Å². The first-order valence-electron chi connectivity index (χ1n) is 9.65. The van der Waals surface area contributed by atoms with E-state index >= 15 is 0 Å². The maximum Gasteiger partial charge on any atom is 0.343 e. The van der Waals surface area contributed by atoms with Gasteiger partial charge in [-0.05, 0) is 68.3 Å². The van der Waals surface area contributed by atoms with E-state index in [4.69, 9.17) is 20.6 Å². The number of amides is 1. The molecule has 0 saturated carbocycles. The molecule has 30 heavy (non-hydrogen) atoms. The second-order valence-corrected chi connectivity index (χ2v) is 6.81. The van der Waals surface area contributed by atoms with Gasteiger partial charge in [0.1, 0.15) is 17.6 Å². The van der Waals surface area contributed by atoms with Gasteiger partial charge in [0.25, 0.3) is 5.91 Å². The molecule has 2 aromatic rings. The molecule has 0 spiro atoms. The van der Waals surface area contributed by atoms with Crippen molar-refractivity contribution in [2.45, 2.75) is 25.8 Å². The van der Waals surface area contributed by atoms with Crippen LogP contribution in [0.3, 0.4) is 0 Å². The fourth-order valence-corrected chi connectivity index (χ4v) is 3.28. The lowest BCUT2D eigenvalue weighted by Crippen LogP contribution is -2.41. The van der Waals surface area contributed by atoms with E-state index in [0.29, 0.717) is 29.8 Å². The van der Waals surface area contributed by atoms with Gasteiger partial charge in [0.2, 0.25) is 0 Å². The normalized spacial score (nSPS) is 15.5. The Hall–Kier alpha value is -3.68. The second kappa shape index (κ2) is 9.21. The zero-order valence-electron chi connectivity index (χ0n) is 16.6. The number of hydrogen-bond acceptors (Lipinski definition) is 6. The standard InChI is InChI=1S/C22H23N3O5/c1-2-29-22(28)18-4-3-13-25(18)20(26)15-5-7-16(8-6-15)21(27)30-17-11-9-14(10-12-17)19(23)24/h5-12,18H,2-4,13H2,1H3,(H3,23,24)/t18-/m0/s1. The summed E-state index contributed by atoms with van der Waals surface area (Å²) in [6.07, 6.45) is 1.32. The summed E-state index contributed by atoms with van der Waals surface area (Å²) < 4.78 is 10.4. The van der Waals surface area contributed by atoms with Crippen molar-refractivity contribution in [2.24, 2.45) is 5.73 Å². The van der Waals surface area contributed by atoms with Gasteiger partial charge in [0.05, 0.1) is 12.2 Å². The number of nitrogens with two attached hydrogens (primary N) is 1. The summed E-state index contributed by atoms with van der Waals surface area (Å²) in [4.78, 5) is 38.7. The van der Waals surface area contributed by atoms with Gasteiger partial charge >= 0.3 is 11.9 Å². The van der Waals surface area contributed by atoms with E-state index in [1.165, 1.54) is 29.2 Å². The Morgan fingerprint density at radius 1 is 1.03 bits per heavy atom. The lowest BCUT2D eigenvalue weighted by molar-refractivity contribution is -0.147. The molecule has 3 rings (SSSR count). The summed E-state index contributed by atoms with van der Waals surface area (Å²) in [5, 5.41) is 7.37. The highest BCUT2D eigenvalue weighted by Crippen LogP contribution is 2.22. The molecule has 1 aliphatic rings. The fourth-order valence-electron chi connectivity index (χ4n) is 3.28. The van der Waals surface area contributed by atoms with Crippen LogP contribution in [-0.4, -0.2) is 47.8 Å². The molecule has 1 saturated heterocycles. The molecular formula is C22H23N3O5. The second-order valence-electron chi connectivity index (χ2n) is 6.81. The zero-order valence-corrected chi connectivity index (χ0v) is 16.6. The average Bonchev–Trinajstić information content (AvgIpc) is 3.24. The maximum absolute atomic E-state index is 12.8. The van der Waals surface area contributed by atoms with E-state index < -0.39 is 12.0 Å². The van der Waals surface area contributed by atoms with E-state index in [-0.39, 0.29) is 29.9 Å². The van der Waals surface area contributed by atoms with Crippen molar-refractivity contribution < 1.29 is 23.9 Å². The third-order valence-corrected chi connectivity index (χ3v) is 4.82. The first-order valence-corrected chi connectivity index (χ1v) is 9.65. The maximum atomic E-state index is 12.8. The van der Waals surface area contributed by atoms with Crippen molar-refractivity contribution in [1.29, 1.82) is 5.41 Å². The molecule has 8 nitrogen and oxygen atoms in total. The first kappa shape index (κ1) is 21.0. The predicted molar refractivity (Wildman–Crippen MR) is 110 cm³/mol. The molecule has 0 radical (unpaired) electrons. The molecule has 0 aliphatic carbocycles. The number of hydrogen-bond donors (Lipinski definition) is 2. The molecule has 0 aromatic heterocycles. The van der Waals surface area contributed by atoms with Gasteiger partial charge in [-0.2, -0.15) is 0 Å². The van der Waals surface area contributed by atoms with Crippen molar-refractivity contribution in [3.8, 4) is 5.75 Å². The lowest BCUT2D eigenvalue weighted by Gasteiger charge is -2.23. The van der Waals surface area contributed by atoms with Crippen LogP contribution in [-0.2, 0) is 9.53 Å². The summed E-state index contributed by atoms with van der Waals surface area (Å²) in [5.41, 5.74) is 6.59. The van der Waals surface area contributed by atoms with Gasteiger partial charge in [0.15, 0.2) is 0 Å². The van der Waals surface area contributed by atoms with Crippen LogP contribution in [0.2, 0.25) is 0 Å². The van der Waals surface area contributed by atoms with E-state index in [9.17, 15) is 14.4 Å². The van der Waals surface area contributed by atoms with Crippen LogP contribution in [0.25, 0.3) is 0 Å². The van der Waals surface area contributed by atoms with Crippen molar-refractivity contribution in [3.05, 3.63) is 65.2 Å². The Morgan fingerprint density at radius 3 is 2.23 bits per heavy atom. The van der Waals surface area contributed by atoms with E-state index in [1.54, 1.807) is 31.2 Å². The first-order chi connectivity index (χ1) is 14.4. The van der Waals surface area contributed by atoms with Gasteiger partial charge < -0.3 is 20.1 Å². The lowest BCUT2D eigenvalue weighted by atomic mass is 10.1. The minimum atomic E-state index is -0.574. The van der Waals surface area contributed by atoms with Gasteiger partial charge in [-0.25, -0.2) is 9.59 Å².